The summed E-state index contributed by atoms with van der Waals surface area (Å²) in [6.45, 7) is 46.6. The third-order valence-corrected chi connectivity index (χ3v) is 14.4. The lowest BCUT2D eigenvalue weighted by molar-refractivity contribution is 0.827. The van der Waals surface area contributed by atoms with Crippen LogP contribution in [0.4, 0.5) is 0 Å². The van der Waals surface area contributed by atoms with Crippen molar-refractivity contribution in [2.75, 3.05) is 0 Å². The molecule has 0 unspecified atom stereocenters. The zero-order valence-electron chi connectivity index (χ0n) is 59.6. The number of aromatic nitrogens is 5. The first-order chi connectivity index (χ1) is 44.3. The van der Waals surface area contributed by atoms with Crippen molar-refractivity contribution < 1.29 is 0 Å². The van der Waals surface area contributed by atoms with Gasteiger partial charge in [-0.15, -0.1) is 0 Å². The molecule has 0 bridgehead atoms. The van der Waals surface area contributed by atoms with E-state index in [1.54, 1.807) is 18.5 Å². The van der Waals surface area contributed by atoms with Gasteiger partial charge >= 0.3 is 0 Å². The van der Waals surface area contributed by atoms with Gasteiger partial charge in [0.1, 0.15) is 6.33 Å². The average Bonchev–Trinajstić information content (AvgIpc) is 1.73. The summed E-state index contributed by atoms with van der Waals surface area (Å²) in [6, 6.07) is 78.9. The summed E-state index contributed by atoms with van der Waals surface area (Å²) in [6.07, 6.45) is 8.31. The molecule has 0 aliphatic heterocycles. The fourth-order valence-corrected chi connectivity index (χ4v) is 10.3. The van der Waals surface area contributed by atoms with Crippen LogP contribution in [0.15, 0.2) is 243 Å². The molecule has 0 saturated carbocycles. The van der Waals surface area contributed by atoms with Crippen molar-refractivity contribution in [3.05, 3.63) is 277 Å². The topological polar surface area (TPSA) is 40.6 Å². The van der Waals surface area contributed by atoms with Gasteiger partial charge in [0.15, 0.2) is 0 Å². The minimum absolute atomic E-state index is 1.02. The Morgan fingerprint density at radius 2 is 0.411 bits per heavy atom. The number of fused-ring (bicyclic) bond motifs is 9. The molecule has 0 saturated heterocycles. The number of rotatable bonds is 6. The highest BCUT2D eigenvalue weighted by atomic mass is 15.0. The Morgan fingerprint density at radius 3 is 0.544 bits per heavy atom. The first-order valence-corrected chi connectivity index (χ1v) is 34.0. The molecule has 5 nitrogen and oxygen atoms in total. The second-order valence-electron chi connectivity index (χ2n) is 19.1. The number of hydrogen-bond donors (Lipinski definition) is 0. The molecule has 0 fully saturated rings. The number of para-hydroxylation sites is 6. The van der Waals surface area contributed by atoms with Crippen molar-refractivity contribution in [2.45, 2.75) is 184 Å². The Bertz CT molecular complexity index is 3310. The number of benzene rings is 9. The van der Waals surface area contributed by atoms with Crippen molar-refractivity contribution in [2.24, 2.45) is 0 Å². The van der Waals surface area contributed by atoms with Gasteiger partial charge < -0.3 is 13.7 Å². The molecule has 0 amide bonds. The summed E-state index contributed by atoms with van der Waals surface area (Å²) in [4.78, 5) is 7.35. The van der Waals surface area contributed by atoms with E-state index in [2.05, 4.69) is 304 Å². The van der Waals surface area contributed by atoms with Gasteiger partial charge in [0.2, 0.25) is 0 Å². The molecule has 90 heavy (non-hydrogen) atoms. The van der Waals surface area contributed by atoms with Crippen LogP contribution in [0.25, 0.3) is 65.4 Å². The van der Waals surface area contributed by atoms with Crippen LogP contribution in [-0.2, 0) is 38.9 Å². The first-order valence-electron chi connectivity index (χ1n) is 34.0. The van der Waals surface area contributed by atoms with E-state index in [1.165, 1.54) is 105 Å². The smallest absolute Gasteiger partial charge is 0.115 e. The van der Waals surface area contributed by atoms with Crippen LogP contribution < -0.4 is 0 Å². The van der Waals surface area contributed by atoms with Gasteiger partial charge in [-0.2, -0.15) is 0 Å². The van der Waals surface area contributed by atoms with E-state index < -0.39 is 0 Å². The maximum atomic E-state index is 3.67. The van der Waals surface area contributed by atoms with Crippen molar-refractivity contribution in [3.8, 4) is 0 Å². The quantitative estimate of drug-likeness (QED) is 0.166. The van der Waals surface area contributed by atoms with E-state index in [0.717, 1.165) is 38.9 Å². The molecule has 13 rings (SSSR count). The third-order valence-electron chi connectivity index (χ3n) is 14.4. The fourth-order valence-electron chi connectivity index (χ4n) is 10.3. The standard InChI is InChI=1S/3C14H13N.3C9H12.C4H4N2.6C2H6/c3*1-2-15-13-9-5-3-7-11(13)12-8-4-6-10-14(12)15;3*1-3-9-7-5-4-6-8(9)2;1-2-5-4-6-3-1;6*1-2/h3*3-10H,2H2,1H3;3*4-7H,3H2,1-2H3;1-4H;6*1-2H3. The van der Waals surface area contributed by atoms with Gasteiger partial charge in [-0.05, 0) is 137 Å². The molecular formula is C85H115N5. The lowest BCUT2D eigenvalue weighted by Gasteiger charge is -2.01. The molecule has 0 radical (unpaired) electrons. The summed E-state index contributed by atoms with van der Waals surface area (Å²) in [5.74, 6) is 0. The van der Waals surface area contributed by atoms with Crippen molar-refractivity contribution in [3.63, 3.8) is 0 Å². The highest BCUT2D eigenvalue weighted by molar-refractivity contribution is 6.09. The minimum Gasteiger partial charge on any atom is -0.341 e. The van der Waals surface area contributed by atoms with Gasteiger partial charge in [0, 0.05) is 97.4 Å². The molecule has 0 spiro atoms. The molecule has 4 aromatic heterocycles. The summed E-state index contributed by atoms with van der Waals surface area (Å²) >= 11 is 0. The lowest BCUT2D eigenvalue weighted by atomic mass is 10.1. The molecule has 0 aliphatic carbocycles. The van der Waals surface area contributed by atoms with E-state index in [1.807, 2.05) is 83.1 Å². The molecule has 9 aromatic carbocycles. The largest absolute Gasteiger partial charge is 0.341 e. The SMILES string of the molecule is CC.CC.CC.CC.CC.CC.CCc1ccccc1C.CCc1ccccc1C.CCc1ccccc1C.CCn1c2ccccc2c2ccccc21.CCn1c2ccccc2c2ccccc21.CCn1c2ccccc2c2ccccc21.c1cncnc1. The molecule has 13 aromatic rings. The Morgan fingerprint density at radius 1 is 0.233 bits per heavy atom. The number of nitrogens with zero attached hydrogens (tertiary/aromatic N) is 5. The molecule has 480 valence electrons. The van der Waals surface area contributed by atoms with Gasteiger partial charge in [0.25, 0.3) is 0 Å². The summed E-state index contributed by atoms with van der Waals surface area (Å²) in [5, 5.41) is 8.14. The molecule has 4 heterocycles. The third kappa shape index (κ3) is 23.4. The fraction of sp³-hybridized carbons (Fsp3) is 0.318. The minimum atomic E-state index is 1.02. The van der Waals surface area contributed by atoms with Crippen molar-refractivity contribution in [1.29, 1.82) is 0 Å². The maximum absolute atomic E-state index is 3.67. The van der Waals surface area contributed by atoms with E-state index in [9.17, 15) is 0 Å². The van der Waals surface area contributed by atoms with Crippen LogP contribution in [0.2, 0.25) is 0 Å². The zero-order chi connectivity index (χ0) is 67.1. The van der Waals surface area contributed by atoms with Crippen molar-refractivity contribution >= 4 is 65.4 Å². The second-order valence-corrected chi connectivity index (χ2v) is 19.1. The van der Waals surface area contributed by atoms with Crippen LogP contribution in [0.1, 0.15) is 158 Å². The van der Waals surface area contributed by atoms with Crippen LogP contribution in [-0.4, -0.2) is 23.7 Å². The van der Waals surface area contributed by atoms with Crippen LogP contribution >= 0.6 is 0 Å². The normalized spacial score (nSPS) is 9.43. The zero-order valence-corrected chi connectivity index (χ0v) is 59.6. The predicted octanol–water partition coefficient (Wildman–Crippen LogP) is 25.7. The van der Waals surface area contributed by atoms with E-state index in [4.69, 9.17) is 0 Å². The molecule has 0 atom stereocenters. The predicted molar refractivity (Wildman–Crippen MR) is 407 cm³/mol. The van der Waals surface area contributed by atoms with E-state index in [-0.39, 0.29) is 0 Å². The number of hydrogen-bond acceptors (Lipinski definition) is 2. The Balaban J connectivity index is 0.000000519. The summed E-state index contributed by atoms with van der Waals surface area (Å²) < 4.78 is 7.10. The molecule has 5 heteroatoms. The Kier molecular flexibility index (Phi) is 42.7. The lowest BCUT2D eigenvalue weighted by Crippen LogP contribution is -1.91. The van der Waals surface area contributed by atoms with Crippen molar-refractivity contribution in [1.82, 2.24) is 23.7 Å². The van der Waals surface area contributed by atoms with Crippen LogP contribution in [0.3, 0.4) is 0 Å². The monoisotopic (exact) mass is 1210 g/mol. The van der Waals surface area contributed by atoms with Crippen LogP contribution in [0, 0.1) is 20.8 Å². The van der Waals surface area contributed by atoms with Gasteiger partial charge in [-0.1, -0.05) is 286 Å². The second kappa shape index (κ2) is 48.4. The van der Waals surface area contributed by atoms with Crippen LogP contribution in [0.5, 0.6) is 0 Å². The average molecular weight is 1210 g/mol. The number of aryl methyl sites for hydroxylation is 9. The molecule has 0 N–H and O–H groups in total. The molecule has 0 aliphatic rings. The van der Waals surface area contributed by atoms with E-state index in [0.29, 0.717) is 0 Å². The van der Waals surface area contributed by atoms with E-state index >= 15 is 0 Å². The van der Waals surface area contributed by atoms with Gasteiger partial charge in [-0.3, -0.25) is 0 Å². The summed E-state index contributed by atoms with van der Waals surface area (Å²) in [5.41, 5.74) is 16.6. The van der Waals surface area contributed by atoms with Gasteiger partial charge in [0.05, 0.1) is 0 Å². The van der Waals surface area contributed by atoms with Gasteiger partial charge in [-0.25, -0.2) is 9.97 Å². The highest BCUT2D eigenvalue weighted by Crippen LogP contribution is 2.31. The molecular weight excluding hydrogens is 1090 g/mol. The first kappa shape index (κ1) is 79.5. The maximum Gasteiger partial charge on any atom is 0.115 e. The Labute approximate surface area is 546 Å². The Hall–Kier alpha value is -8.54. The highest BCUT2D eigenvalue weighted by Gasteiger charge is 2.09. The summed E-state index contributed by atoms with van der Waals surface area (Å²) in [7, 11) is 0.